The first-order chi connectivity index (χ1) is 13.1. The van der Waals surface area contributed by atoms with Crippen molar-refractivity contribution in [2.75, 3.05) is 10.6 Å². The quantitative estimate of drug-likeness (QED) is 0.546. The lowest BCUT2D eigenvalue weighted by Crippen LogP contribution is -2.31. The smallest absolute Gasteiger partial charge is 0.246 e. The van der Waals surface area contributed by atoms with E-state index in [2.05, 4.69) is 16.7 Å². The van der Waals surface area contributed by atoms with Crippen LogP contribution in [0.4, 0.5) is 11.4 Å². The van der Waals surface area contributed by atoms with Crippen molar-refractivity contribution in [2.45, 2.75) is 13.0 Å². The van der Waals surface area contributed by atoms with Crippen LogP contribution in [-0.4, -0.2) is 11.9 Å². The van der Waals surface area contributed by atoms with Gasteiger partial charge in [-0.25, -0.2) is 0 Å². The minimum absolute atomic E-state index is 0.178. The van der Waals surface area contributed by atoms with Crippen LogP contribution in [0.5, 0.6) is 0 Å². The Labute approximate surface area is 156 Å². The molecule has 0 fully saturated rings. The molecule has 1 heterocycles. The van der Waals surface area contributed by atoms with Crippen molar-refractivity contribution in [3.63, 3.8) is 0 Å². The molecule has 0 aliphatic carbocycles. The Hall–Kier alpha value is -3.78. The summed E-state index contributed by atoms with van der Waals surface area (Å²) in [5.74, 6) is -0.178. The number of hydrogen-bond donors (Lipinski definition) is 2. The third-order valence-electron chi connectivity index (χ3n) is 4.41. The molecule has 2 N–H and O–H groups in total. The van der Waals surface area contributed by atoms with Crippen molar-refractivity contribution < 1.29 is 9.21 Å². The predicted molar refractivity (Wildman–Crippen MR) is 107 cm³/mol. The largest absolute Gasteiger partial charge is 0.456 e. The fourth-order valence-electron chi connectivity index (χ4n) is 3.05. The molecule has 1 aromatic heterocycles. The number of rotatable bonds is 4. The second-order valence-corrected chi connectivity index (χ2v) is 6.36. The first-order valence-corrected chi connectivity index (χ1v) is 8.63. The highest BCUT2D eigenvalue weighted by atomic mass is 16.3. The van der Waals surface area contributed by atoms with Gasteiger partial charge in [0, 0.05) is 22.1 Å². The number of para-hydroxylation sites is 1. The van der Waals surface area contributed by atoms with Gasteiger partial charge in [0.1, 0.15) is 17.2 Å². The van der Waals surface area contributed by atoms with Crippen molar-refractivity contribution in [1.29, 1.82) is 5.26 Å². The first kappa shape index (κ1) is 16.7. The number of benzene rings is 3. The highest BCUT2D eigenvalue weighted by molar-refractivity contribution is 6.06. The third-order valence-corrected chi connectivity index (χ3v) is 4.41. The zero-order valence-electron chi connectivity index (χ0n) is 14.7. The molecular formula is C22H17N3O2. The Morgan fingerprint density at radius 1 is 0.963 bits per heavy atom. The molecule has 0 bridgehead atoms. The fraction of sp³-hybridized carbons (Fsp3) is 0.0909. The summed E-state index contributed by atoms with van der Waals surface area (Å²) in [4.78, 5) is 12.5. The number of carbonyl (C=O) groups excluding carboxylic acids is 1. The van der Waals surface area contributed by atoms with Gasteiger partial charge in [0.05, 0.1) is 11.6 Å². The Morgan fingerprint density at radius 2 is 1.78 bits per heavy atom. The van der Waals surface area contributed by atoms with E-state index < -0.39 is 6.04 Å². The van der Waals surface area contributed by atoms with Gasteiger partial charge in [0.15, 0.2) is 0 Å². The molecular weight excluding hydrogens is 338 g/mol. The number of furan rings is 1. The molecule has 0 saturated carbocycles. The lowest BCUT2D eigenvalue weighted by Gasteiger charge is -2.15. The second kappa shape index (κ2) is 6.85. The lowest BCUT2D eigenvalue weighted by atomic mass is 10.1. The summed E-state index contributed by atoms with van der Waals surface area (Å²) in [7, 11) is 0. The Kier molecular flexibility index (Phi) is 4.23. The number of hydrogen-bond acceptors (Lipinski definition) is 4. The standard InChI is InChI=1S/C22H17N3O2/c1-14(22(26)25-16-6-4-5-15(11-16)13-23)24-17-9-10-21-19(12-17)18-7-2-3-8-20(18)27-21/h2-12,14,24H,1H3,(H,25,26)/t14-/m0/s1. The summed E-state index contributed by atoms with van der Waals surface area (Å²) in [6, 6.07) is 22.1. The van der Waals surface area contributed by atoms with Gasteiger partial charge >= 0.3 is 0 Å². The van der Waals surface area contributed by atoms with Crippen LogP contribution in [0.25, 0.3) is 21.9 Å². The number of fused-ring (bicyclic) bond motifs is 3. The van der Waals surface area contributed by atoms with Crippen molar-refractivity contribution in [3.8, 4) is 6.07 Å². The van der Waals surface area contributed by atoms with Gasteiger partial charge < -0.3 is 15.1 Å². The van der Waals surface area contributed by atoms with E-state index in [1.54, 1.807) is 31.2 Å². The number of carbonyl (C=O) groups is 1. The lowest BCUT2D eigenvalue weighted by molar-refractivity contribution is -0.116. The van der Waals surface area contributed by atoms with E-state index in [1.807, 2.05) is 42.5 Å². The molecule has 1 atom stereocenters. The highest BCUT2D eigenvalue weighted by Gasteiger charge is 2.14. The summed E-state index contributed by atoms with van der Waals surface area (Å²) in [5.41, 5.74) is 3.59. The second-order valence-electron chi connectivity index (χ2n) is 6.36. The van der Waals surface area contributed by atoms with Crippen LogP contribution in [0.3, 0.4) is 0 Å². The minimum atomic E-state index is -0.452. The van der Waals surface area contributed by atoms with Crippen LogP contribution in [0, 0.1) is 11.3 Å². The maximum Gasteiger partial charge on any atom is 0.246 e. The van der Waals surface area contributed by atoms with Gasteiger partial charge in [-0.2, -0.15) is 5.26 Å². The third kappa shape index (κ3) is 3.33. The number of nitrogens with one attached hydrogen (secondary N) is 2. The summed E-state index contributed by atoms with van der Waals surface area (Å²) < 4.78 is 5.83. The molecule has 0 saturated heterocycles. The van der Waals surface area contributed by atoms with E-state index in [0.29, 0.717) is 11.3 Å². The maximum absolute atomic E-state index is 12.5. The molecule has 0 radical (unpaired) electrons. The van der Waals surface area contributed by atoms with Crippen LogP contribution >= 0.6 is 0 Å². The van der Waals surface area contributed by atoms with Crippen LogP contribution in [0.1, 0.15) is 12.5 Å². The van der Waals surface area contributed by atoms with E-state index in [4.69, 9.17) is 9.68 Å². The molecule has 4 aromatic rings. The molecule has 3 aromatic carbocycles. The molecule has 4 rings (SSSR count). The highest BCUT2D eigenvalue weighted by Crippen LogP contribution is 2.30. The summed E-state index contributed by atoms with van der Waals surface area (Å²) >= 11 is 0. The zero-order valence-corrected chi connectivity index (χ0v) is 14.7. The zero-order chi connectivity index (χ0) is 18.8. The molecule has 5 nitrogen and oxygen atoms in total. The van der Waals surface area contributed by atoms with E-state index in [9.17, 15) is 4.79 Å². The topological polar surface area (TPSA) is 78.1 Å². The molecule has 0 aliphatic heterocycles. The minimum Gasteiger partial charge on any atom is -0.456 e. The van der Waals surface area contributed by atoms with Gasteiger partial charge in [-0.05, 0) is 49.4 Å². The SMILES string of the molecule is C[C@H](Nc1ccc2oc3ccccc3c2c1)C(=O)Nc1cccc(C#N)c1. The maximum atomic E-state index is 12.5. The Bertz CT molecular complexity index is 1190. The van der Waals surface area contributed by atoms with Gasteiger partial charge in [-0.1, -0.05) is 24.3 Å². The van der Waals surface area contributed by atoms with Crippen molar-refractivity contribution in [1.82, 2.24) is 0 Å². The number of nitrogens with zero attached hydrogens (tertiary/aromatic N) is 1. The normalized spacial score (nSPS) is 11.9. The van der Waals surface area contributed by atoms with Crippen molar-refractivity contribution in [2.24, 2.45) is 0 Å². The number of anilines is 2. The molecule has 27 heavy (non-hydrogen) atoms. The van der Waals surface area contributed by atoms with E-state index in [1.165, 1.54) is 0 Å². The van der Waals surface area contributed by atoms with Gasteiger partial charge in [0.25, 0.3) is 0 Å². The first-order valence-electron chi connectivity index (χ1n) is 8.63. The summed E-state index contributed by atoms with van der Waals surface area (Å²) in [6.45, 7) is 1.79. The Morgan fingerprint density at radius 3 is 2.63 bits per heavy atom. The molecule has 0 spiro atoms. The van der Waals surface area contributed by atoms with Crippen LogP contribution < -0.4 is 10.6 Å². The fourth-order valence-corrected chi connectivity index (χ4v) is 3.05. The van der Waals surface area contributed by atoms with Gasteiger partial charge in [0.2, 0.25) is 5.91 Å². The summed E-state index contributed by atoms with van der Waals surface area (Å²) in [6.07, 6.45) is 0. The Balaban J connectivity index is 1.53. The average Bonchev–Trinajstić information content (AvgIpc) is 3.06. The van der Waals surface area contributed by atoms with Crippen LogP contribution in [-0.2, 0) is 4.79 Å². The molecule has 0 unspecified atom stereocenters. The average molecular weight is 355 g/mol. The van der Waals surface area contributed by atoms with E-state index in [0.717, 1.165) is 27.6 Å². The molecule has 0 aliphatic rings. The number of amides is 1. The van der Waals surface area contributed by atoms with E-state index in [-0.39, 0.29) is 5.91 Å². The molecule has 132 valence electrons. The molecule has 5 heteroatoms. The van der Waals surface area contributed by atoms with Crippen molar-refractivity contribution >= 4 is 39.2 Å². The monoisotopic (exact) mass is 355 g/mol. The predicted octanol–water partition coefficient (Wildman–Crippen LogP) is 4.90. The van der Waals surface area contributed by atoms with Crippen LogP contribution in [0.15, 0.2) is 71.1 Å². The van der Waals surface area contributed by atoms with Crippen molar-refractivity contribution in [3.05, 3.63) is 72.3 Å². The van der Waals surface area contributed by atoms with Gasteiger partial charge in [-0.15, -0.1) is 0 Å². The summed E-state index contributed by atoms with van der Waals surface area (Å²) in [5, 5.41) is 17.1. The van der Waals surface area contributed by atoms with E-state index >= 15 is 0 Å². The van der Waals surface area contributed by atoms with Gasteiger partial charge in [-0.3, -0.25) is 4.79 Å². The number of nitriles is 1. The molecule has 1 amide bonds. The van der Waals surface area contributed by atoms with Crippen LogP contribution in [0.2, 0.25) is 0 Å².